The molecule has 1 unspecified atom stereocenters. The second-order valence-corrected chi connectivity index (χ2v) is 7.30. The molecule has 5 heteroatoms. The topological polar surface area (TPSA) is 49.8 Å². The smallest absolute Gasteiger partial charge is 0.317 e. The summed E-state index contributed by atoms with van der Waals surface area (Å²) < 4.78 is 19.8. The van der Waals surface area contributed by atoms with Gasteiger partial charge in [0, 0.05) is 24.6 Å². The Morgan fingerprint density at radius 3 is 2.54 bits per heavy atom. The van der Waals surface area contributed by atoms with Crippen LogP contribution >= 0.6 is 0 Å². The van der Waals surface area contributed by atoms with Crippen LogP contribution < -0.4 is 4.74 Å². The lowest BCUT2D eigenvalue weighted by Crippen LogP contribution is -2.51. The zero-order chi connectivity index (χ0) is 18.1. The summed E-state index contributed by atoms with van der Waals surface area (Å²) in [6, 6.07) is 14.8. The van der Waals surface area contributed by atoms with Gasteiger partial charge in [0.1, 0.15) is 17.2 Å². The van der Waals surface area contributed by atoms with E-state index in [1.54, 1.807) is 0 Å². The summed E-state index contributed by atoms with van der Waals surface area (Å²) in [5, 5.41) is 9.01. The molecule has 0 radical (unpaired) electrons. The highest BCUT2D eigenvalue weighted by atomic mass is 19.1. The quantitative estimate of drug-likeness (QED) is 0.913. The van der Waals surface area contributed by atoms with Crippen molar-refractivity contribution in [1.82, 2.24) is 4.90 Å². The van der Waals surface area contributed by atoms with Crippen molar-refractivity contribution in [1.29, 1.82) is 0 Å². The number of piperidine rings is 1. The molecule has 4 rings (SSSR count). The van der Waals surface area contributed by atoms with Crippen LogP contribution in [0.15, 0.2) is 48.5 Å². The molecular formula is C21H22FNO3. The average Bonchev–Trinajstić information content (AvgIpc) is 2.64. The summed E-state index contributed by atoms with van der Waals surface area (Å²) in [5.41, 5.74) is 1.94. The van der Waals surface area contributed by atoms with Crippen LogP contribution in [0.1, 0.15) is 36.3 Å². The molecule has 0 amide bonds. The lowest BCUT2D eigenvalue weighted by molar-refractivity contribution is -0.139. The molecule has 1 saturated heterocycles. The fraction of sp³-hybridized carbons (Fsp3) is 0.381. The van der Waals surface area contributed by atoms with E-state index >= 15 is 0 Å². The van der Waals surface area contributed by atoms with Crippen molar-refractivity contribution in [2.75, 3.05) is 19.6 Å². The number of hydrogen-bond donors (Lipinski definition) is 1. The van der Waals surface area contributed by atoms with Gasteiger partial charge >= 0.3 is 5.97 Å². The molecular weight excluding hydrogens is 333 g/mol. The molecule has 136 valence electrons. The Kier molecular flexibility index (Phi) is 4.41. The van der Waals surface area contributed by atoms with Gasteiger partial charge in [-0.1, -0.05) is 30.3 Å². The van der Waals surface area contributed by atoms with Gasteiger partial charge in [-0.25, -0.2) is 4.39 Å². The molecule has 1 atom stereocenters. The second-order valence-electron chi connectivity index (χ2n) is 7.30. The summed E-state index contributed by atoms with van der Waals surface area (Å²) >= 11 is 0. The van der Waals surface area contributed by atoms with Crippen LogP contribution in [0.3, 0.4) is 0 Å². The van der Waals surface area contributed by atoms with Crippen molar-refractivity contribution in [3.63, 3.8) is 0 Å². The number of carboxylic acid groups (broad SMARTS) is 1. The third-order valence-corrected chi connectivity index (χ3v) is 5.60. The van der Waals surface area contributed by atoms with E-state index in [0.717, 1.165) is 36.1 Å². The molecule has 0 aliphatic carbocycles. The summed E-state index contributed by atoms with van der Waals surface area (Å²) in [6.45, 7) is 1.50. The van der Waals surface area contributed by atoms with E-state index < -0.39 is 5.97 Å². The maximum atomic E-state index is 13.4. The predicted molar refractivity (Wildman–Crippen MR) is 96.0 cm³/mol. The van der Waals surface area contributed by atoms with E-state index in [-0.39, 0.29) is 23.9 Å². The molecule has 0 saturated carbocycles. The number of hydrogen-bond acceptors (Lipinski definition) is 3. The van der Waals surface area contributed by atoms with Crippen LogP contribution in [0.4, 0.5) is 4.39 Å². The first-order chi connectivity index (χ1) is 12.5. The number of nitrogens with zero attached hydrogens (tertiary/aromatic N) is 1. The Bertz CT molecular complexity index is 797. The molecule has 0 bridgehead atoms. The van der Waals surface area contributed by atoms with Gasteiger partial charge in [0.15, 0.2) is 0 Å². The van der Waals surface area contributed by atoms with Crippen molar-refractivity contribution >= 4 is 5.97 Å². The Balaban J connectivity index is 1.62. The minimum Gasteiger partial charge on any atom is -0.487 e. The van der Waals surface area contributed by atoms with Crippen molar-refractivity contribution in [3.05, 3.63) is 65.5 Å². The van der Waals surface area contributed by atoms with Crippen LogP contribution in [0.5, 0.6) is 5.75 Å². The molecule has 2 aliphatic heterocycles. The summed E-state index contributed by atoms with van der Waals surface area (Å²) in [6.07, 6.45) is 2.43. The van der Waals surface area contributed by atoms with Gasteiger partial charge in [0.05, 0.1) is 6.54 Å². The number of aliphatic carboxylic acids is 1. The van der Waals surface area contributed by atoms with Gasteiger partial charge in [-0.05, 0) is 43.0 Å². The zero-order valence-corrected chi connectivity index (χ0v) is 14.5. The summed E-state index contributed by atoms with van der Waals surface area (Å²) in [4.78, 5) is 12.9. The van der Waals surface area contributed by atoms with Crippen LogP contribution in [0, 0.1) is 5.82 Å². The average molecular weight is 355 g/mol. The van der Waals surface area contributed by atoms with Crippen molar-refractivity contribution in [2.24, 2.45) is 0 Å². The molecule has 2 aliphatic rings. The molecule has 2 heterocycles. The van der Waals surface area contributed by atoms with Crippen LogP contribution in [0.2, 0.25) is 0 Å². The number of carbonyl (C=O) groups is 1. The normalized spacial score (nSPS) is 21.8. The maximum absolute atomic E-state index is 13.4. The molecule has 4 nitrogen and oxygen atoms in total. The Labute approximate surface area is 152 Å². The maximum Gasteiger partial charge on any atom is 0.317 e. The van der Waals surface area contributed by atoms with Crippen LogP contribution in [-0.2, 0) is 4.79 Å². The van der Waals surface area contributed by atoms with Gasteiger partial charge < -0.3 is 9.84 Å². The van der Waals surface area contributed by atoms with Crippen LogP contribution in [-0.4, -0.2) is 41.2 Å². The van der Waals surface area contributed by atoms with E-state index in [1.807, 2.05) is 35.2 Å². The first-order valence-corrected chi connectivity index (χ1v) is 9.02. The largest absolute Gasteiger partial charge is 0.487 e. The van der Waals surface area contributed by atoms with Crippen molar-refractivity contribution < 1.29 is 19.0 Å². The second kappa shape index (κ2) is 6.72. The minimum atomic E-state index is -0.792. The number of carboxylic acids is 1. The number of halogens is 1. The van der Waals surface area contributed by atoms with Gasteiger partial charge in [0.25, 0.3) is 0 Å². The monoisotopic (exact) mass is 355 g/mol. The van der Waals surface area contributed by atoms with Crippen LogP contribution in [0.25, 0.3) is 0 Å². The lowest BCUT2D eigenvalue weighted by atomic mass is 9.75. The number of ether oxygens (including phenoxy) is 1. The highest BCUT2D eigenvalue weighted by Crippen LogP contribution is 2.47. The Morgan fingerprint density at radius 2 is 1.85 bits per heavy atom. The fourth-order valence-electron chi connectivity index (χ4n) is 4.23. The minimum absolute atomic E-state index is 0.0774. The molecule has 1 N–H and O–H groups in total. The van der Waals surface area contributed by atoms with E-state index in [2.05, 4.69) is 6.07 Å². The molecule has 2 aromatic carbocycles. The zero-order valence-electron chi connectivity index (χ0n) is 14.5. The van der Waals surface area contributed by atoms with E-state index in [4.69, 9.17) is 9.84 Å². The van der Waals surface area contributed by atoms with Gasteiger partial charge in [-0.15, -0.1) is 0 Å². The number of para-hydroxylation sites is 1. The van der Waals surface area contributed by atoms with E-state index in [1.165, 1.54) is 12.1 Å². The predicted octanol–water partition coefficient (Wildman–Crippen LogP) is 3.66. The number of likely N-dealkylation sites (tertiary alicyclic amines) is 1. The number of fused-ring (bicyclic) bond motifs is 1. The highest BCUT2D eigenvalue weighted by molar-refractivity contribution is 5.69. The van der Waals surface area contributed by atoms with E-state index in [9.17, 15) is 9.18 Å². The Hall–Kier alpha value is -2.40. The highest BCUT2D eigenvalue weighted by Gasteiger charge is 2.43. The third kappa shape index (κ3) is 3.31. The molecule has 1 fully saturated rings. The third-order valence-electron chi connectivity index (χ3n) is 5.60. The van der Waals surface area contributed by atoms with Crippen molar-refractivity contribution in [3.8, 4) is 5.75 Å². The number of rotatable bonds is 3. The Morgan fingerprint density at radius 1 is 1.15 bits per heavy atom. The van der Waals surface area contributed by atoms with E-state index in [0.29, 0.717) is 13.1 Å². The molecule has 0 aromatic heterocycles. The van der Waals surface area contributed by atoms with Gasteiger partial charge in [-0.2, -0.15) is 0 Å². The SMILES string of the molecule is O=C(O)CN1CCC2(CC1)CC(c1ccc(F)cc1)c1ccccc1O2. The molecule has 26 heavy (non-hydrogen) atoms. The fourth-order valence-corrected chi connectivity index (χ4v) is 4.23. The first-order valence-electron chi connectivity index (χ1n) is 9.02. The first kappa shape index (κ1) is 17.0. The lowest BCUT2D eigenvalue weighted by Gasteiger charge is -2.47. The standard InChI is InChI=1S/C21H22FNO3/c22-16-7-5-15(6-8-16)18-13-21(26-19-4-2-1-3-17(18)19)9-11-23(12-10-21)14-20(24)25/h1-8,18H,9-14H2,(H,24,25). The molecule has 2 aromatic rings. The summed E-state index contributed by atoms with van der Waals surface area (Å²) in [5.74, 6) is 0.0252. The number of benzene rings is 2. The summed E-state index contributed by atoms with van der Waals surface area (Å²) in [7, 11) is 0. The van der Waals surface area contributed by atoms with Crippen molar-refractivity contribution in [2.45, 2.75) is 30.8 Å². The molecule has 1 spiro atoms. The van der Waals surface area contributed by atoms with Gasteiger partial charge in [-0.3, -0.25) is 9.69 Å². The van der Waals surface area contributed by atoms with Gasteiger partial charge in [0.2, 0.25) is 0 Å².